The molecular weight excluding hydrogens is 284 g/mol. The molecule has 0 bridgehead atoms. The summed E-state index contributed by atoms with van der Waals surface area (Å²) in [5.74, 6) is -0.168. The zero-order chi connectivity index (χ0) is 12.6. The van der Waals surface area contributed by atoms with Crippen LogP contribution in [0.5, 0.6) is 0 Å². The van der Waals surface area contributed by atoms with Crippen LogP contribution in [0.25, 0.3) is 0 Å². The Morgan fingerprint density at radius 2 is 1.88 bits per heavy atom. The minimum absolute atomic E-state index is 0.168. The fourth-order valence-corrected chi connectivity index (χ4v) is 2.58. The van der Waals surface area contributed by atoms with Gasteiger partial charge in [0.05, 0.1) is 5.60 Å². The summed E-state index contributed by atoms with van der Waals surface area (Å²) in [5, 5.41) is 11.1. The van der Waals surface area contributed by atoms with E-state index in [0.717, 1.165) is 50.3 Å². The molecule has 0 aromatic rings. The Hall–Kier alpha value is -0.0900. The number of unbranched alkanes of at least 4 members (excludes halogenated alkanes) is 2. The standard InChI is InChI=1S/C13H23BrO3/c14-10-6-1-3-7-12(15)17-11-13(16)8-4-2-5-9-13/h16H,1-11H2. The van der Waals surface area contributed by atoms with Gasteiger partial charge in [0.15, 0.2) is 0 Å². The van der Waals surface area contributed by atoms with Crippen molar-refractivity contribution in [3.8, 4) is 0 Å². The van der Waals surface area contributed by atoms with Crippen LogP contribution in [0.15, 0.2) is 0 Å². The average Bonchev–Trinajstić information content (AvgIpc) is 2.33. The van der Waals surface area contributed by atoms with Gasteiger partial charge in [-0.3, -0.25) is 4.79 Å². The third kappa shape index (κ3) is 6.41. The second-order valence-electron chi connectivity index (χ2n) is 4.95. The Labute approximate surface area is 112 Å². The van der Waals surface area contributed by atoms with Crippen molar-refractivity contribution in [2.75, 3.05) is 11.9 Å². The van der Waals surface area contributed by atoms with E-state index < -0.39 is 5.60 Å². The molecule has 1 saturated carbocycles. The monoisotopic (exact) mass is 306 g/mol. The van der Waals surface area contributed by atoms with Gasteiger partial charge in [0.1, 0.15) is 6.61 Å². The Balaban J connectivity index is 2.10. The first-order valence-corrected chi connectivity index (χ1v) is 7.72. The molecule has 3 nitrogen and oxygen atoms in total. The number of alkyl halides is 1. The first-order chi connectivity index (χ1) is 8.16. The summed E-state index contributed by atoms with van der Waals surface area (Å²) in [6, 6.07) is 0. The van der Waals surface area contributed by atoms with Gasteiger partial charge in [0, 0.05) is 11.8 Å². The van der Waals surface area contributed by atoms with Crippen LogP contribution in [0.2, 0.25) is 0 Å². The van der Waals surface area contributed by atoms with Gasteiger partial charge in [-0.15, -0.1) is 0 Å². The largest absolute Gasteiger partial charge is 0.463 e. The van der Waals surface area contributed by atoms with E-state index in [2.05, 4.69) is 15.9 Å². The van der Waals surface area contributed by atoms with Crippen LogP contribution < -0.4 is 0 Å². The van der Waals surface area contributed by atoms with E-state index in [9.17, 15) is 9.90 Å². The van der Waals surface area contributed by atoms with E-state index in [1.165, 1.54) is 6.42 Å². The summed E-state index contributed by atoms with van der Waals surface area (Å²) in [4.78, 5) is 11.4. The van der Waals surface area contributed by atoms with Crippen LogP contribution in [0.1, 0.15) is 57.8 Å². The van der Waals surface area contributed by atoms with Crippen molar-refractivity contribution in [1.29, 1.82) is 0 Å². The van der Waals surface area contributed by atoms with E-state index in [1.54, 1.807) is 0 Å². The number of ether oxygens (including phenoxy) is 1. The third-order valence-corrected chi connectivity index (χ3v) is 3.86. The summed E-state index contributed by atoms with van der Waals surface area (Å²) in [6.45, 7) is 0.185. The topological polar surface area (TPSA) is 46.5 Å². The van der Waals surface area contributed by atoms with Crippen molar-refractivity contribution < 1.29 is 14.6 Å². The maximum absolute atomic E-state index is 11.4. The van der Waals surface area contributed by atoms with Crippen LogP contribution in [-0.4, -0.2) is 28.6 Å². The molecule has 4 heteroatoms. The summed E-state index contributed by atoms with van der Waals surface area (Å²) in [6.07, 6.45) is 8.29. The third-order valence-electron chi connectivity index (χ3n) is 3.30. The van der Waals surface area contributed by atoms with Gasteiger partial charge in [0.25, 0.3) is 0 Å². The fraction of sp³-hybridized carbons (Fsp3) is 0.923. The molecule has 0 atom stereocenters. The van der Waals surface area contributed by atoms with Gasteiger partial charge in [-0.1, -0.05) is 41.6 Å². The first kappa shape index (κ1) is 15.0. The number of carbonyl (C=O) groups is 1. The molecule has 100 valence electrons. The Kier molecular flexibility index (Phi) is 7.12. The number of carbonyl (C=O) groups excluding carboxylic acids is 1. The van der Waals surface area contributed by atoms with Gasteiger partial charge in [-0.2, -0.15) is 0 Å². The van der Waals surface area contributed by atoms with Crippen molar-refractivity contribution in [3.63, 3.8) is 0 Å². The quantitative estimate of drug-likeness (QED) is 0.446. The summed E-state index contributed by atoms with van der Waals surface area (Å²) >= 11 is 3.36. The van der Waals surface area contributed by atoms with E-state index in [1.807, 2.05) is 0 Å². The second kappa shape index (κ2) is 8.09. The smallest absolute Gasteiger partial charge is 0.305 e. The molecule has 0 radical (unpaired) electrons. The predicted octanol–water partition coefficient (Wildman–Crippen LogP) is 3.18. The van der Waals surface area contributed by atoms with Crippen molar-refractivity contribution in [3.05, 3.63) is 0 Å². The van der Waals surface area contributed by atoms with Crippen LogP contribution in [-0.2, 0) is 9.53 Å². The average molecular weight is 307 g/mol. The lowest BCUT2D eigenvalue weighted by atomic mass is 9.86. The van der Waals surface area contributed by atoms with E-state index >= 15 is 0 Å². The number of hydrogen-bond donors (Lipinski definition) is 1. The molecule has 1 fully saturated rings. The highest BCUT2D eigenvalue weighted by atomic mass is 79.9. The van der Waals surface area contributed by atoms with Crippen LogP contribution in [0.3, 0.4) is 0 Å². The number of rotatable bonds is 7. The minimum atomic E-state index is -0.746. The van der Waals surface area contributed by atoms with Gasteiger partial charge >= 0.3 is 5.97 Å². The molecule has 17 heavy (non-hydrogen) atoms. The van der Waals surface area contributed by atoms with Crippen LogP contribution in [0, 0.1) is 0 Å². The van der Waals surface area contributed by atoms with Crippen molar-refractivity contribution >= 4 is 21.9 Å². The molecular formula is C13H23BrO3. The van der Waals surface area contributed by atoms with E-state index in [0.29, 0.717) is 6.42 Å². The SMILES string of the molecule is O=C(CCCCCBr)OCC1(O)CCCCC1. The summed E-state index contributed by atoms with van der Waals surface area (Å²) in [7, 11) is 0. The molecule has 0 saturated heterocycles. The maximum atomic E-state index is 11.4. The molecule has 1 aliphatic rings. The van der Waals surface area contributed by atoms with Gasteiger partial charge in [0.2, 0.25) is 0 Å². The van der Waals surface area contributed by atoms with Crippen LogP contribution in [0.4, 0.5) is 0 Å². The predicted molar refractivity (Wildman–Crippen MR) is 71.3 cm³/mol. The molecule has 0 heterocycles. The lowest BCUT2D eigenvalue weighted by molar-refractivity contribution is -0.153. The molecule has 0 unspecified atom stereocenters. The van der Waals surface area contributed by atoms with E-state index in [4.69, 9.17) is 4.74 Å². The normalized spacial score (nSPS) is 18.9. The Morgan fingerprint density at radius 1 is 1.18 bits per heavy atom. The number of hydrogen-bond acceptors (Lipinski definition) is 3. The zero-order valence-electron chi connectivity index (χ0n) is 10.4. The lowest BCUT2D eigenvalue weighted by Gasteiger charge is -2.31. The maximum Gasteiger partial charge on any atom is 0.305 e. The summed E-state index contributed by atoms with van der Waals surface area (Å²) < 4.78 is 5.16. The van der Waals surface area contributed by atoms with Crippen molar-refractivity contribution in [2.24, 2.45) is 0 Å². The minimum Gasteiger partial charge on any atom is -0.463 e. The highest BCUT2D eigenvalue weighted by Gasteiger charge is 2.30. The molecule has 0 aromatic heterocycles. The molecule has 1 rings (SSSR count). The number of aliphatic hydroxyl groups is 1. The molecule has 1 aliphatic carbocycles. The highest BCUT2D eigenvalue weighted by Crippen LogP contribution is 2.28. The number of halogens is 1. The molecule has 0 amide bonds. The van der Waals surface area contributed by atoms with Gasteiger partial charge < -0.3 is 9.84 Å². The van der Waals surface area contributed by atoms with Crippen molar-refractivity contribution in [1.82, 2.24) is 0 Å². The first-order valence-electron chi connectivity index (χ1n) is 6.60. The Morgan fingerprint density at radius 3 is 2.53 bits per heavy atom. The zero-order valence-corrected chi connectivity index (χ0v) is 12.0. The summed E-state index contributed by atoms with van der Waals surface area (Å²) in [5.41, 5.74) is -0.746. The lowest BCUT2D eigenvalue weighted by Crippen LogP contribution is -2.37. The number of esters is 1. The fourth-order valence-electron chi connectivity index (χ4n) is 2.18. The second-order valence-corrected chi connectivity index (χ2v) is 5.74. The van der Waals surface area contributed by atoms with Gasteiger partial charge in [-0.05, 0) is 25.7 Å². The molecule has 0 aromatic carbocycles. The van der Waals surface area contributed by atoms with E-state index in [-0.39, 0.29) is 12.6 Å². The molecule has 1 N–H and O–H groups in total. The molecule has 0 spiro atoms. The van der Waals surface area contributed by atoms with Crippen molar-refractivity contribution in [2.45, 2.75) is 63.4 Å². The highest BCUT2D eigenvalue weighted by molar-refractivity contribution is 9.09. The molecule has 0 aliphatic heterocycles. The van der Waals surface area contributed by atoms with Crippen LogP contribution >= 0.6 is 15.9 Å². The van der Waals surface area contributed by atoms with Gasteiger partial charge in [-0.25, -0.2) is 0 Å². The Bertz CT molecular complexity index is 225.